The van der Waals surface area contributed by atoms with Gasteiger partial charge in [-0.1, -0.05) is 35.9 Å². The second kappa shape index (κ2) is 9.42. The maximum absolute atomic E-state index is 13.3. The quantitative estimate of drug-likeness (QED) is 0.271. The molecule has 0 radical (unpaired) electrons. The Bertz CT molecular complexity index is 1380. The van der Waals surface area contributed by atoms with Crippen molar-refractivity contribution in [3.63, 3.8) is 0 Å². The second-order valence-corrected chi connectivity index (χ2v) is 8.30. The predicted molar refractivity (Wildman–Crippen MR) is 122 cm³/mol. The number of aryl methyl sites for hydroxylation is 1. The molecule has 0 atom stereocenters. The van der Waals surface area contributed by atoms with Crippen LogP contribution in [0.4, 0.5) is 26.3 Å². The molecule has 4 aromatic rings. The molecule has 0 aliphatic heterocycles. The Morgan fingerprint density at radius 2 is 1.53 bits per heavy atom. The first-order valence-electron chi connectivity index (χ1n) is 10.4. The van der Waals surface area contributed by atoms with Crippen molar-refractivity contribution in [2.45, 2.75) is 19.0 Å². The molecular formula is C25H17ClF6N2O2. The molecule has 0 amide bonds. The summed E-state index contributed by atoms with van der Waals surface area (Å²) < 4.78 is 85.4. The average molecular weight is 527 g/mol. The molecule has 0 aliphatic rings. The van der Waals surface area contributed by atoms with Crippen LogP contribution in [0.25, 0.3) is 22.4 Å². The largest absolute Gasteiger partial charge is 0.506 e. The summed E-state index contributed by atoms with van der Waals surface area (Å²) in [5.74, 6) is -0.381. The third-order valence-corrected chi connectivity index (χ3v) is 5.65. The molecule has 0 spiro atoms. The van der Waals surface area contributed by atoms with E-state index in [1.807, 2.05) is 0 Å². The number of hydrogen-bond donors (Lipinski definition) is 1. The van der Waals surface area contributed by atoms with E-state index < -0.39 is 29.4 Å². The lowest BCUT2D eigenvalue weighted by molar-refractivity contribution is -0.143. The minimum atomic E-state index is -4.67. The third-order valence-electron chi connectivity index (χ3n) is 5.39. The predicted octanol–water partition coefficient (Wildman–Crippen LogP) is 7.73. The van der Waals surface area contributed by atoms with Crippen molar-refractivity contribution in [3.05, 3.63) is 88.6 Å². The van der Waals surface area contributed by atoms with Gasteiger partial charge in [-0.25, -0.2) is 0 Å². The molecule has 188 valence electrons. The van der Waals surface area contributed by atoms with Crippen LogP contribution in [-0.2, 0) is 26.0 Å². The molecule has 11 heteroatoms. The Labute approximate surface area is 206 Å². The molecule has 0 aliphatic carbocycles. The highest BCUT2D eigenvalue weighted by Gasteiger charge is 2.35. The van der Waals surface area contributed by atoms with Gasteiger partial charge in [0.25, 0.3) is 0 Å². The molecule has 0 unspecified atom stereocenters. The Balaban J connectivity index is 1.80. The van der Waals surface area contributed by atoms with E-state index >= 15 is 0 Å². The zero-order valence-electron chi connectivity index (χ0n) is 18.5. The summed E-state index contributed by atoms with van der Waals surface area (Å²) in [7, 11) is 1.11. The Hall–Kier alpha value is -3.66. The number of rotatable bonds is 5. The summed E-state index contributed by atoms with van der Waals surface area (Å²) in [4.78, 5) is 0. The monoisotopic (exact) mass is 526 g/mol. The highest BCUT2D eigenvalue weighted by atomic mass is 35.5. The van der Waals surface area contributed by atoms with Crippen LogP contribution < -0.4 is 4.74 Å². The molecule has 1 aromatic heterocycles. The summed E-state index contributed by atoms with van der Waals surface area (Å²) in [5.41, 5.74) is -1.24. The lowest BCUT2D eigenvalue weighted by Crippen LogP contribution is -2.11. The minimum absolute atomic E-state index is 0.00870. The Morgan fingerprint density at radius 3 is 2.08 bits per heavy atom. The number of phenols is 1. The van der Waals surface area contributed by atoms with Crippen LogP contribution in [0.1, 0.15) is 16.8 Å². The van der Waals surface area contributed by atoms with E-state index in [1.165, 1.54) is 12.1 Å². The molecule has 4 rings (SSSR count). The van der Waals surface area contributed by atoms with Gasteiger partial charge in [-0.3, -0.25) is 4.68 Å². The van der Waals surface area contributed by atoms with Gasteiger partial charge in [0, 0.05) is 17.6 Å². The lowest BCUT2D eigenvalue weighted by atomic mass is 9.97. The smallest absolute Gasteiger partial charge is 0.433 e. The van der Waals surface area contributed by atoms with Gasteiger partial charge >= 0.3 is 12.4 Å². The van der Waals surface area contributed by atoms with E-state index in [-0.39, 0.29) is 34.7 Å². The van der Waals surface area contributed by atoms with Crippen LogP contribution in [-0.4, -0.2) is 14.9 Å². The fourth-order valence-electron chi connectivity index (χ4n) is 3.61. The normalized spacial score (nSPS) is 12.1. The van der Waals surface area contributed by atoms with E-state index in [0.29, 0.717) is 9.70 Å². The van der Waals surface area contributed by atoms with E-state index in [1.54, 1.807) is 24.3 Å². The van der Waals surface area contributed by atoms with Gasteiger partial charge < -0.3 is 9.84 Å². The Morgan fingerprint density at radius 1 is 0.889 bits per heavy atom. The van der Waals surface area contributed by atoms with Gasteiger partial charge in [0.05, 0.1) is 16.8 Å². The van der Waals surface area contributed by atoms with Crippen molar-refractivity contribution in [1.29, 1.82) is 0 Å². The molecule has 36 heavy (non-hydrogen) atoms. The number of aromatic nitrogens is 2. The van der Waals surface area contributed by atoms with Crippen LogP contribution in [0.15, 0.2) is 66.7 Å². The van der Waals surface area contributed by atoms with Gasteiger partial charge in [-0.15, -0.1) is 0 Å². The zero-order chi connectivity index (χ0) is 26.3. The number of nitrogens with zero attached hydrogens (tertiary/aromatic N) is 2. The number of alkyl halides is 6. The minimum Gasteiger partial charge on any atom is -0.506 e. The van der Waals surface area contributed by atoms with Gasteiger partial charge in [0.1, 0.15) is 23.8 Å². The lowest BCUT2D eigenvalue weighted by Gasteiger charge is -2.16. The summed E-state index contributed by atoms with van der Waals surface area (Å²) in [5, 5.41) is 15.5. The molecule has 3 aromatic carbocycles. The number of benzene rings is 3. The first kappa shape index (κ1) is 25.4. The van der Waals surface area contributed by atoms with Crippen LogP contribution in [0.2, 0.25) is 5.02 Å². The van der Waals surface area contributed by atoms with Gasteiger partial charge in [-0.2, -0.15) is 31.4 Å². The number of ether oxygens (including phenoxy) is 1. The Kier molecular flexibility index (Phi) is 6.66. The number of phenolic OH excluding ortho intramolecular Hbond substituents is 1. The SMILES string of the molecule is Cn1nc(-c2ccc(OCc3ccc(Cl)cc3)c(-c3ccc(C(F)(F)F)cc3)c2O)cc1C(F)(F)F. The molecule has 0 bridgehead atoms. The maximum Gasteiger partial charge on any atom is 0.433 e. The van der Waals surface area contributed by atoms with Crippen molar-refractivity contribution < 1.29 is 36.2 Å². The van der Waals surface area contributed by atoms with Crippen molar-refractivity contribution in [2.24, 2.45) is 7.05 Å². The molecule has 0 saturated carbocycles. The first-order chi connectivity index (χ1) is 16.8. The number of hydrogen-bond acceptors (Lipinski definition) is 3. The standard InChI is InChI=1S/C25H17ClF6N2O2/c1-34-21(25(30,31)32)12-19(33-34)18-10-11-20(36-13-14-2-8-17(26)9-3-14)22(23(18)35)15-4-6-16(7-5-15)24(27,28)29/h2-12,35H,13H2,1H3. The van der Waals surface area contributed by atoms with Gasteiger partial charge in [-0.05, 0) is 53.6 Å². The molecule has 0 fully saturated rings. The molecule has 4 nitrogen and oxygen atoms in total. The third kappa shape index (κ3) is 5.28. The van der Waals surface area contributed by atoms with Crippen molar-refractivity contribution >= 4 is 11.6 Å². The highest BCUT2D eigenvalue weighted by molar-refractivity contribution is 6.30. The summed E-state index contributed by atoms with van der Waals surface area (Å²) in [6.45, 7) is 0.0331. The summed E-state index contributed by atoms with van der Waals surface area (Å²) in [6.07, 6.45) is -9.24. The fraction of sp³-hybridized carbons (Fsp3) is 0.160. The molecule has 0 saturated heterocycles. The van der Waals surface area contributed by atoms with Crippen molar-refractivity contribution in [2.75, 3.05) is 0 Å². The average Bonchev–Trinajstić information content (AvgIpc) is 3.20. The van der Waals surface area contributed by atoms with Crippen molar-refractivity contribution in [3.8, 4) is 33.9 Å². The summed E-state index contributed by atoms with van der Waals surface area (Å²) >= 11 is 5.88. The molecule has 1 N–H and O–H groups in total. The zero-order valence-corrected chi connectivity index (χ0v) is 19.2. The van der Waals surface area contributed by atoms with Gasteiger partial charge in [0.2, 0.25) is 0 Å². The van der Waals surface area contributed by atoms with E-state index in [0.717, 1.165) is 42.9 Å². The van der Waals surface area contributed by atoms with Crippen LogP contribution in [0, 0.1) is 0 Å². The second-order valence-electron chi connectivity index (χ2n) is 7.86. The maximum atomic E-state index is 13.3. The number of aromatic hydroxyl groups is 1. The molecular weight excluding hydrogens is 510 g/mol. The summed E-state index contributed by atoms with van der Waals surface area (Å²) in [6, 6.07) is 14.2. The van der Waals surface area contributed by atoms with Gasteiger partial charge in [0.15, 0.2) is 0 Å². The topological polar surface area (TPSA) is 47.3 Å². The van der Waals surface area contributed by atoms with Crippen molar-refractivity contribution in [1.82, 2.24) is 9.78 Å². The number of halogens is 7. The van der Waals surface area contributed by atoms with Crippen LogP contribution in [0.3, 0.4) is 0 Å². The fourth-order valence-corrected chi connectivity index (χ4v) is 3.74. The molecule has 1 heterocycles. The highest BCUT2D eigenvalue weighted by Crippen LogP contribution is 2.45. The van der Waals surface area contributed by atoms with Crippen LogP contribution in [0.5, 0.6) is 11.5 Å². The van der Waals surface area contributed by atoms with E-state index in [2.05, 4.69) is 5.10 Å². The first-order valence-corrected chi connectivity index (χ1v) is 10.7. The van der Waals surface area contributed by atoms with Crippen LogP contribution >= 0.6 is 11.6 Å². The van der Waals surface area contributed by atoms with E-state index in [9.17, 15) is 31.4 Å². The van der Waals surface area contributed by atoms with E-state index in [4.69, 9.17) is 16.3 Å².